The number of fused-ring (bicyclic) bond motifs is 1. The number of nitrogens with zero attached hydrogens (tertiary/aromatic N) is 2. The lowest BCUT2D eigenvalue weighted by atomic mass is 9.96. The van der Waals surface area contributed by atoms with E-state index >= 15 is 0 Å². The second-order valence-corrected chi connectivity index (χ2v) is 4.43. The van der Waals surface area contributed by atoms with Gasteiger partial charge in [0.05, 0.1) is 5.69 Å². The van der Waals surface area contributed by atoms with E-state index in [0.29, 0.717) is 5.92 Å². The van der Waals surface area contributed by atoms with E-state index < -0.39 is 0 Å². The summed E-state index contributed by atoms with van der Waals surface area (Å²) in [6, 6.07) is 2.32. The smallest absolute Gasteiger partial charge is 0.0671 e. The lowest BCUT2D eigenvalue weighted by Gasteiger charge is -2.20. The summed E-state index contributed by atoms with van der Waals surface area (Å²) in [5, 5.41) is 8.14. The molecular weight excluding hydrogens is 174 g/mol. The molecule has 0 aromatic carbocycles. The summed E-state index contributed by atoms with van der Waals surface area (Å²) in [6.07, 6.45) is 5.12. The third-order valence-electron chi connectivity index (χ3n) is 3.40. The molecule has 3 heteroatoms. The summed E-state index contributed by atoms with van der Waals surface area (Å²) < 4.78 is 2.20. The van der Waals surface area contributed by atoms with Gasteiger partial charge < -0.3 is 5.32 Å². The first kappa shape index (κ1) is 8.48. The normalized spacial score (nSPS) is 26.4. The van der Waals surface area contributed by atoms with Crippen molar-refractivity contribution in [1.29, 1.82) is 0 Å². The van der Waals surface area contributed by atoms with Crippen molar-refractivity contribution in [1.82, 2.24) is 15.1 Å². The predicted molar refractivity (Wildman–Crippen MR) is 55.4 cm³/mol. The van der Waals surface area contributed by atoms with Crippen LogP contribution in [0.4, 0.5) is 0 Å². The molecule has 2 aliphatic rings. The maximum Gasteiger partial charge on any atom is 0.0671 e. The van der Waals surface area contributed by atoms with Gasteiger partial charge in [0.25, 0.3) is 0 Å². The van der Waals surface area contributed by atoms with Crippen LogP contribution in [0, 0.1) is 0 Å². The van der Waals surface area contributed by atoms with Crippen molar-refractivity contribution in [2.24, 2.45) is 0 Å². The third-order valence-corrected chi connectivity index (χ3v) is 3.40. The molecule has 1 unspecified atom stereocenters. The first-order chi connectivity index (χ1) is 6.93. The molecule has 76 valence electrons. The van der Waals surface area contributed by atoms with Crippen LogP contribution in [0.3, 0.4) is 0 Å². The van der Waals surface area contributed by atoms with E-state index in [2.05, 4.69) is 16.1 Å². The number of aryl methyl sites for hydroxylation is 2. The Bertz CT molecular complexity index is 302. The summed E-state index contributed by atoms with van der Waals surface area (Å²) in [4.78, 5) is 0. The van der Waals surface area contributed by atoms with Crippen molar-refractivity contribution in [2.75, 3.05) is 13.1 Å². The third kappa shape index (κ3) is 1.36. The zero-order chi connectivity index (χ0) is 9.38. The Morgan fingerprint density at radius 1 is 1.43 bits per heavy atom. The topological polar surface area (TPSA) is 29.9 Å². The minimum absolute atomic E-state index is 0.668. The Morgan fingerprint density at radius 2 is 2.43 bits per heavy atom. The minimum atomic E-state index is 0.668. The maximum absolute atomic E-state index is 4.69. The number of hydrogen-bond acceptors (Lipinski definition) is 2. The van der Waals surface area contributed by atoms with Crippen LogP contribution in [-0.2, 0) is 13.0 Å². The van der Waals surface area contributed by atoms with E-state index in [-0.39, 0.29) is 0 Å². The Kier molecular flexibility index (Phi) is 2.05. The van der Waals surface area contributed by atoms with Gasteiger partial charge in [-0.05, 0) is 38.3 Å². The lowest BCUT2D eigenvalue weighted by molar-refractivity contribution is 0.449. The van der Waals surface area contributed by atoms with E-state index in [4.69, 9.17) is 5.10 Å². The average Bonchev–Trinajstić information content (AvgIpc) is 2.78. The second-order valence-electron chi connectivity index (χ2n) is 4.43. The Labute approximate surface area is 84.5 Å². The molecule has 0 radical (unpaired) electrons. The summed E-state index contributed by atoms with van der Waals surface area (Å²) >= 11 is 0. The second kappa shape index (κ2) is 3.39. The molecule has 1 aromatic heterocycles. The van der Waals surface area contributed by atoms with E-state index in [1.54, 1.807) is 0 Å². The van der Waals surface area contributed by atoms with Crippen LogP contribution in [0.1, 0.15) is 36.6 Å². The molecule has 3 rings (SSSR count). The highest BCUT2D eigenvalue weighted by Gasteiger charge is 2.21. The van der Waals surface area contributed by atoms with Gasteiger partial charge in [0.2, 0.25) is 0 Å². The van der Waals surface area contributed by atoms with Crippen molar-refractivity contribution in [3.63, 3.8) is 0 Å². The van der Waals surface area contributed by atoms with Crippen molar-refractivity contribution in [3.8, 4) is 0 Å². The Balaban J connectivity index is 1.82. The summed E-state index contributed by atoms with van der Waals surface area (Å²) in [5.41, 5.74) is 2.78. The summed E-state index contributed by atoms with van der Waals surface area (Å²) in [7, 11) is 0. The summed E-state index contributed by atoms with van der Waals surface area (Å²) in [5.74, 6) is 0.668. The first-order valence-electron chi connectivity index (χ1n) is 5.71. The van der Waals surface area contributed by atoms with E-state index in [9.17, 15) is 0 Å². The number of nitrogens with one attached hydrogen (secondary N) is 1. The Hall–Kier alpha value is -0.830. The van der Waals surface area contributed by atoms with Gasteiger partial charge in [-0.15, -0.1) is 0 Å². The van der Waals surface area contributed by atoms with Gasteiger partial charge in [0, 0.05) is 24.7 Å². The van der Waals surface area contributed by atoms with Crippen molar-refractivity contribution >= 4 is 0 Å². The highest BCUT2D eigenvalue weighted by Crippen LogP contribution is 2.25. The van der Waals surface area contributed by atoms with E-state index in [0.717, 1.165) is 13.1 Å². The molecular formula is C11H17N3. The molecule has 3 nitrogen and oxygen atoms in total. The van der Waals surface area contributed by atoms with Crippen LogP contribution >= 0.6 is 0 Å². The van der Waals surface area contributed by atoms with Gasteiger partial charge in [0.15, 0.2) is 0 Å². The lowest BCUT2D eigenvalue weighted by Crippen LogP contribution is -2.28. The molecule has 1 aromatic rings. The Morgan fingerprint density at radius 3 is 3.21 bits per heavy atom. The standard InChI is InChI=1S/C11H17N3/c1-3-9(8-12-5-1)11-7-10-4-2-6-14(10)13-11/h7,9,12H,1-6,8H2. The number of hydrogen-bond donors (Lipinski definition) is 1. The number of rotatable bonds is 1. The molecule has 2 aliphatic heterocycles. The fraction of sp³-hybridized carbons (Fsp3) is 0.727. The largest absolute Gasteiger partial charge is 0.316 e. The van der Waals surface area contributed by atoms with Crippen molar-refractivity contribution in [2.45, 2.75) is 38.1 Å². The van der Waals surface area contributed by atoms with Crippen LogP contribution in [0.15, 0.2) is 6.07 Å². The molecule has 14 heavy (non-hydrogen) atoms. The minimum Gasteiger partial charge on any atom is -0.316 e. The van der Waals surface area contributed by atoms with Gasteiger partial charge in [-0.2, -0.15) is 5.10 Å². The van der Waals surface area contributed by atoms with Crippen molar-refractivity contribution < 1.29 is 0 Å². The monoisotopic (exact) mass is 191 g/mol. The molecule has 1 saturated heterocycles. The van der Waals surface area contributed by atoms with Gasteiger partial charge in [0.1, 0.15) is 0 Å². The first-order valence-corrected chi connectivity index (χ1v) is 5.71. The quantitative estimate of drug-likeness (QED) is 0.725. The number of aromatic nitrogens is 2. The highest BCUT2D eigenvalue weighted by molar-refractivity contribution is 5.17. The van der Waals surface area contributed by atoms with Crippen LogP contribution in [0.25, 0.3) is 0 Å². The zero-order valence-corrected chi connectivity index (χ0v) is 8.50. The van der Waals surface area contributed by atoms with Crippen LogP contribution in [0.5, 0.6) is 0 Å². The number of piperidine rings is 1. The molecule has 1 atom stereocenters. The van der Waals surface area contributed by atoms with E-state index in [1.165, 1.54) is 43.6 Å². The maximum atomic E-state index is 4.69. The van der Waals surface area contributed by atoms with Crippen LogP contribution in [0.2, 0.25) is 0 Å². The molecule has 0 aliphatic carbocycles. The molecule has 1 fully saturated rings. The highest BCUT2D eigenvalue weighted by atomic mass is 15.3. The molecule has 0 saturated carbocycles. The van der Waals surface area contributed by atoms with Crippen molar-refractivity contribution in [3.05, 3.63) is 17.5 Å². The fourth-order valence-electron chi connectivity index (χ4n) is 2.59. The van der Waals surface area contributed by atoms with Gasteiger partial charge in [-0.1, -0.05) is 0 Å². The molecule has 0 spiro atoms. The zero-order valence-electron chi connectivity index (χ0n) is 8.50. The van der Waals surface area contributed by atoms with Gasteiger partial charge >= 0.3 is 0 Å². The fourth-order valence-corrected chi connectivity index (χ4v) is 2.59. The molecule has 3 heterocycles. The van der Waals surface area contributed by atoms with Crippen LogP contribution in [-0.4, -0.2) is 22.9 Å². The summed E-state index contributed by atoms with van der Waals surface area (Å²) in [6.45, 7) is 3.44. The molecule has 0 amide bonds. The SMILES string of the molecule is c1c(C2CCCNC2)nn2c1CCC2. The van der Waals surface area contributed by atoms with Gasteiger partial charge in [-0.25, -0.2) is 0 Å². The van der Waals surface area contributed by atoms with Crippen LogP contribution < -0.4 is 5.32 Å². The average molecular weight is 191 g/mol. The molecule has 0 bridgehead atoms. The molecule has 1 N–H and O–H groups in total. The predicted octanol–water partition coefficient (Wildman–Crippen LogP) is 1.30. The van der Waals surface area contributed by atoms with Gasteiger partial charge in [-0.3, -0.25) is 4.68 Å². The van der Waals surface area contributed by atoms with E-state index in [1.807, 2.05) is 0 Å².